The molecule has 1 atom stereocenters. The van der Waals surface area contributed by atoms with Crippen LogP contribution in [0.2, 0.25) is 5.02 Å². The number of nitrogens with zero attached hydrogens (tertiary/aromatic N) is 1. The molecule has 1 amide bonds. The Labute approximate surface area is 127 Å². The molecule has 104 valence electrons. The lowest BCUT2D eigenvalue weighted by Gasteiger charge is -2.24. The van der Waals surface area contributed by atoms with Crippen molar-refractivity contribution in [2.45, 2.75) is 18.9 Å². The lowest BCUT2D eigenvalue weighted by Crippen LogP contribution is -2.30. The number of halogens is 1. The zero-order valence-electron chi connectivity index (χ0n) is 10.9. The summed E-state index contributed by atoms with van der Waals surface area (Å²) in [5, 5.41) is 2.48. The molecule has 0 spiro atoms. The minimum Gasteiger partial charge on any atom is -0.397 e. The fourth-order valence-electron chi connectivity index (χ4n) is 2.66. The first-order valence-electron chi connectivity index (χ1n) is 6.57. The minimum atomic E-state index is -0.0269. The molecule has 0 aliphatic carbocycles. The van der Waals surface area contributed by atoms with Gasteiger partial charge in [0, 0.05) is 11.4 Å². The van der Waals surface area contributed by atoms with E-state index in [9.17, 15) is 4.79 Å². The molecule has 1 unspecified atom stereocenters. The Balaban J connectivity index is 1.92. The quantitative estimate of drug-likeness (QED) is 0.854. The summed E-state index contributed by atoms with van der Waals surface area (Å²) in [6.45, 7) is 0.771. The van der Waals surface area contributed by atoms with Crippen molar-refractivity contribution in [2.24, 2.45) is 0 Å². The highest BCUT2D eigenvalue weighted by atomic mass is 35.5. The molecule has 3 nitrogen and oxygen atoms in total. The van der Waals surface area contributed by atoms with E-state index in [1.165, 1.54) is 4.88 Å². The van der Waals surface area contributed by atoms with Crippen molar-refractivity contribution in [1.82, 2.24) is 4.90 Å². The molecule has 1 aromatic heterocycles. The van der Waals surface area contributed by atoms with Crippen LogP contribution in [0.1, 0.15) is 34.1 Å². The van der Waals surface area contributed by atoms with Crippen LogP contribution in [0.3, 0.4) is 0 Å². The van der Waals surface area contributed by atoms with Gasteiger partial charge in [-0.15, -0.1) is 11.3 Å². The molecule has 2 aromatic rings. The topological polar surface area (TPSA) is 46.3 Å². The van der Waals surface area contributed by atoms with E-state index < -0.39 is 0 Å². The summed E-state index contributed by atoms with van der Waals surface area (Å²) in [7, 11) is 0. The van der Waals surface area contributed by atoms with Gasteiger partial charge in [0.2, 0.25) is 0 Å². The highest BCUT2D eigenvalue weighted by Gasteiger charge is 2.32. The number of hydrogen-bond acceptors (Lipinski definition) is 3. The molecule has 0 saturated carbocycles. The van der Waals surface area contributed by atoms with Gasteiger partial charge >= 0.3 is 0 Å². The van der Waals surface area contributed by atoms with Crippen molar-refractivity contribution >= 4 is 34.5 Å². The third-order valence-electron chi connectivity index (χ3n) is 3.67. The van der Waals surface area contributed by atoms with Crippen molar-refractivity contribution in [2.75, 3.05) is 12.3 Å². The van der Waals surface area contributed by atoms with E-state index in [2.05, 4.69) is 6.07 Å². The number of amides is 1. The minimum absolute atomic E-state index is 0.0269. The maximum absolute atomic E-state index is 12.7. The van der Waals surface area contributed by atoms with Crippen molar-refractivity contribution in [3.05, 3.63) is 51.2 Å². The number of carbonyl (C=O) groups is 1. The van der Waals surface area contributed by atoms with Gasteiger partial charge in [0.1, 0.15) is 0 Å². The number of benzene rings is 1. The third kappa shape index (κ3) is 2.30. The van der Waals surface area contributed by atoms with Crippen LogP contribution in [0.5, 0.6) is 0 Å². The van der Waals surface area contributed by atoms with Crippen LogP contribution in [0, 0.1) is 0 Å². The molecule has 2 heterocycles. The first kappa shape index (κ1) is 13.5. The Hall–Kier alpha value is -1.52. The first-order valence-corrected chi connectivity index (χ1v) is 7.82. The standard InChI is InChI=1S/C15H15ClN2OS/c16-11-5-1-4-10(14(11)17)15(19)18-8-2-6-12(18)13-7-3-9-20-13/h1,3-5,7,9,12H,2,6,8,17H2. The number of rotatable bonds is 2. The number of nitrogen functional groups attached to an aromatic ring is 1. The van der Waals surface area contributed by atoms with Crippen molar-refractivity contribution in [1.29, 1.82) is 0 Å². The van der Waals surface area contributed by atoms with E-state index in [1.807, 2.05) is 16.3 Å². The van der Waals surface area contributed by atoms with Crippen LogP contribution in [0.4, 0.5) is 5.69 Å². The zero-order chi connectivity index (χ0) is 14.1. The van der Waals surface area contributed by atoms with E-state index in [0.717, 1.165) is 19.4 Å². The van der Waals surface area contributed by atoms with E-state index in [1.54, 1.807) is 29.5 Å². The number of para-hydroxylation sites is 1. The Kier molecular flexibility index (Phi) is 3.68. The number of thiophene rings is 1. The van der Waals surface area contributed by atoms with Gasteiger partial charge < -0.3 is 10.6 Å². The summed E-state index contributed by atoms with van der Waals surface area (Å²) in [5.74, 6) is -0.0269. The van der Waals surface area contributed by atoms with Crippen LogP contribution in [0.25, 0.3) is 0 Å². The van der Waals surface area contributed by atoms with Crippen molar-refractivity contribution < 1.29 is 4.79 Å². The molecule has 1 aromatic carbocycles. The van der Waals surface area contributed by atoms with E-state index in [0.29, 0.717) is 16.3 Å². The number of carbonyl (C=O) groups excluding carboxylic acids is 1. The fraction of sp³-hybridized carbons (Fsp3) is 0.267. The SMILES string of the molecule is Nc1c(Cl)cccc1C(=O)N1CCCC1c1cccs1. The summed E-state index contributed by atoms with van der Waals surface area (Å²) in [6.07, 6.45) is 2.03. The second kappa shape index (κ2) is 5.46. The molecule has 0 bridgehead atoms. The van der Waals surface area contributed by atoms with Crippen molar-refractivity contribution in [3.8, 4) is 0 Å². The van der Waals surface area contributed by atoms with E-state index in [-0.39, 0.29) is 11.9 Å². The van der Waals surface area contributed by atoms with Gasteiger partial charge in [0.25, 0.3) is 5.91 Å². The second-order valence-corrected chi connectivity index (χ2v) is 6.26. The molecule has 3 rings (SSSR count). The highest BCUT2D eigenvalue weighted by Crippen LogP contribution is 2.36. The number of anilines is 1. The zero-order valence-corrected chi connectivity index (χ0v) is 12.5. The molecule has 5 heteroatoms. The summed E-state index contributed by atoms with van der Waals surface area (Å²) < 4.78 is 0. The van der Waals surface area contributed by atoms with Crippen LogP contribution >= 0.6 is 22.9 Å². The lowest BCUT2D eigenvalue weighted by molar-refractivity contribution is 0.0739. The smallest absolute Gasteiger partial charge is 0.256 e. The second-order valence-electron chi connectivity index (χ2n) is 4.87. The molecular weight excluding hydrogens is 292 g/mol. The lowest BCUT2D eigenvalue weighted by atomic mass is 10.1. The van der Waals surface area contributed by atoms with Gasteiger partial charge in [-0.05, 0) is 36.4 Å². The van der Waals surface area contributed by atoms with Gasteiger partial charge in [-0.1, -0.05) is 23.7 Å². The molecule has 1 fully saturated rings. The summed E-state index contributed by atoms with van der Waals surface area (Å²) in [4.78, 5) is 15.9. The normalized spacial score (nSPS) is 18.4. The summed E-state index contributed by atoms with van der Waals surface area (Å²) in [5.41, 5.74) is 6.81. The average Bonchev–Trinajstić information content (AvgIpc) is 3.10. The average molecular weight is 307 g/mol. The Bertz CT molecular complexity index is 627. The summed E-state index contributed by atoms with van der Waals surface area (Å²) >= 11 is 7.70. The summed E-state index contributed by atoms with van der Waals surface area (Å²) in [6, 6.07) is 9.49. The number of hydrogen-bond donors (Lipinski definition) is 1. The van der Waals surface area contributed by atoms with Crippen LogP contribution in [-0.2, 0) is 0 Å². The van der Waals surface area contributed by atoms with Gasteiger partial charge in [0.15, 0.2) is 0 Å². The maximum Gasteiger partial charge on any atom is 0.256 e. The molecule has 1 saturated heterocycles. The monoisotopic (exact) mass is 306 g/mol. The van der Waals surface area contributed by atoms with Gasteiger partial charge in [-0.2, -0.15) is 0 Å². The molecule has 0 radical (unpaired) electrons. The molecule has 20 heavy (non-hydrogen) atoms. The Morgan fingerprint density at radius 2 is 2.20 bits per heavy atom. The van der Waals surface area contributed by atoms with Gasteiger partial charge in [-0.25, -0.2) is 0 Å². The van der Waals surface area contributed by atoms with Gasteiger partial charge in [0.05, 0.1) is 22.3 Å². The maximum atomic E-state index is 12.7. The Morgan fingerprint density at radius 3 is 2.95 bits per heavy atom. The van der Waals surface area contributed by atoms with Crippen LogP contribution in [0.15, 0.2) is 35.7 Å². The molecule has 2 N–H and O–H groups in total. The van der Waals surface area contributed by atoms with Crippen LogP contribution in [-0.4, -0.2) is 17.4 Å². The molecular formula is C15H15ClN2OS. The van der Waals surface area contributed by atoms with Gasteiger partial charge in [-0.3, -0.25) is 4.79 Å². The fourth-order valence-corrected chi connectivity index (χ4v) is 3.71. The largest absolute Gasteiger partial charge is 0.397 e. The van der Waals surface area contributed by atoms with E-state index >= 15 is 0 Å². The highest BCUT2D eigenvalue weighted by molar-refractivity contribution is 7.10. The molecule has 1 aliphatic heterocycles. The van der Waals surface area contributed by atoms with Crippen LogP contribution < -0.4 is 5.73 Å². The van der Waals surface area contributed by atoms with Crippen molar-refractivity contribution in [3.63, 3.8) is 0 Å². The first-order chi connectivity index (χ1) is 9.68. The number of likely N-dealkylation sites (tertiary alicyclic amines) is 1. The van der Waals surface area contributed by atoms with E-state index in [4.69, 9.17) is 17.3 Å². The predicted octanol–water partition coefficient (Wildman–Crippen LogP) is 3.96. The third-order valence-corrected chi connectivity index (χ3v) is 4.97. The number of nitrogens with two attached hydrogens (primary N) is 1. The Morgan fingerprint density at radius 1 is 1.35 bits per heavy atom. The molecule has 1 aliphatic rings. The predicted molar refractivity (Wildman–Crippen MR) is 83.2 cm³/mol.